The van der Waals surface area contributed by atoms with E-state index in [1.165, 1.54) is 16.3 Å². The minimum Gasteiger partial charge on any atom is -0.339 e. The number of benzene rings is 2. The molecule has 0 fully saturated rings. The second kappa shape index (κ2) is 4.78. The van der Waals surface area contributed by atoms with E-state index in [0.29, 0.717) is 5.78 Å². The molecule has 0 radical (unpaired) electrons. The number of nitrogens with one attached hydrogen (secondary N) is 1. The first-order chi connectivity index (χ1) is 11.4. The summed E-state index contributed by atoms with van der Waals surface area (Å²) in [5, 5.41) is 10.4. The highest BCUT2D eigenvalue weighted by atomic mass is 15.4. The normalized spacial score (nSPS) is 13.6. The van der Waals surface area contributed by atoms with Gasteiger partial charge in [-0.3, -0.25) is 0 Å². The average molecular weight is 301 g/mol. The van der Waals surface area contributed by atoms with Crippen LogP contribution in [0.25, 0.3) is 16.6 Å². The highest BCUT2D eigenvalue weighted by Crippen LogP contribution is 2.32. The lowest BCUT2D eigenvalue weighted by atomic mass is 10.1. The first-order valence-electron chi connectivity index (χ1n) is 7.86. The molecule has 1 aliphatic carbocycles. The Balaban J connectivity index is 1.73. The van der Waals surface area contributed by atoms with Gasteiger partial charge in [-0.2, -0.15) is 14.6 Å². The monoisotopic (exact) mass is 301 g/mol. The van der Waals surface area contributed by atoms with Gasteiger partial charge in [0, 0.05) is 16.6 Å². The Hall–Kier alpha value is -2.95. The lowest BCUT2D eigenvalue weighted by Gasteiger charge is -2.14. The molecule has 2 heterocycles. The molecule has 0 spiro atoms. The number of hydrogen-bond acceptors (Lipinski definition) is 4. The maximum Gasteiger partial charge on any atom is 0.254 e. The molecule has 0 amide bonds. The molecule has 0 unspecified atom stereocenters. The van der Waals surface area contributed by atoms with Crippen molar-refractivity contribution in [3.63, 3.8) is 0 Å². The molecular formula is C18H15N5. The lowest BCUT2D eigenvalue weighted by molar-refractivity contribution is 0.900. The highest BCUT2D eigenvalue weighted by Gasteiger charge is 2.21. The summed E-state index contributed by atoms with van der Waals surface area (Å²) in [5.74, 6) is 1.66. The Labute approximate surface area is 133 Å². The average Bonchev–Trinajstić information content (AvgIpc) is 3.23. The molecule has 0 saturated heterocycles. The predicted octanol–water partition coefficient (Wildman–Crippen LogP) is 3.51. The van der Waals surface area contributed by atoms with Gasteiger partial charge in [-0.15, -0.1) is 0 Å². The summed E-state index contributed by atoms with van der Waals surface area (Å²) in [6.45, 7) is 0. The van der Waals surface area contributed by atoms with Crippen molar-refractivity contribution >= 4 is 28.1 Å². The number of fused-ring (bicyclic) bond motifs is 3. The minimum atomic E-state index is 0.661. The van der Waals surface area contributed by atoms with Gasteiger partial charge in [0.25, 0.3) is 5.78 Å². The Morgan fingerprint density at radius 2 is 1.91 bits per heavy atom. The van der Waals surface area contributed by atoms with Crippen molar-refractivity contribution in [2.45, 2.75) is 19.3 Å². The fourth-order valence-electron chi connectivity index (χ4n) is 3.41. The van der Waals surface area contributed by atoms with E-state index in [0.717, 1.165) is 36.5 Å². The van der Waals surface area contributed by atoms with Crippen LogP contribution >= 0.6 is 0 Å². The van der Waals surface area contributed by atoms with Gasteiger partial charge in [-0.05, 0) is 30.7 Å². The smallest absolute Gasteiger partial charge is 0.254 e. The molecule has 1 aliphatic rings. The van der Waals surface area contributed by atoms with E-state index in [-0.39, 0.29) is 0 Å². The van der Waals surface area contributed by atoms with Crippen molar-refractivity contribution in [2.75, 3.05) is 5.32 Å². The maximum atomic E-state index is 4.63. The molecule has 112 valence electrons. The van der Waals surface area contributed by atoms with Crippen LogP contribution < -0.4 is 5.32 Å². The first kappa shape index (κ1) is 12.6. The molecule has 5 heteroatoms. The van der Waals surface area contributed by atoms with Crippen LogP contribution in [-0.2, 0) is 12.8 Å². The number of anilines is 2. The second-order valence-electron chi connectivity index (χ2n) is 5.86. The molecule has 4 aromatic rings. The lowest BCUT2D eigenvalue weighted by Crippen LogP contribution is -2.07. The van der Waals surface area contributed by atoms with Gasteiger partial charge in [0.15, 0.2) is 0 Å². The zero-order valence-corrected chi connectivity index (χ0v) is 12.5. The summed E-state index contributed by atoms with van der Waals surface area (Å²) in [6, 6.07) is 14.7. The Kier molecular flexibility index (Phi) is 2.61. The highest BCUT2D eigenvalue weighted by molar-refractivity contribution is 5.95. The molecule has 0 saturated carbocycles. The summed E-state index contributed by atoms with van der Waals surface area (Å²) in [6.07, 6.45) is 4.75. The number of aryl methyl sites for hydroxylation is 1. The van der Waals surface area contributed by atoms with E-state index in [4.69, 9.17) is 0 Å². The molecule has 0 bridgehead atoms. The molecule has 0 atom stereocenters. The molecule has 2 aromatic heterocycles. The van der Waals surface area contributed by atoms with Crippen LogP contribution in [-0.4, -0.2) is 19.6 Å². The third kappa shape index (κ3) is 1.90. The molecular weight excluding hydrogens is 286 g/mol. The van der Waals surface area contributed by atoms with Crippen LogP contribution in [0.3, 0.4) is 0 Å². The topological polar surface area (TPSA) is 55.1 Å². The van der Waals surface area contributed by atoms with E-state index < -0.39 is 0 Å². The van der Waals surface area contributed by atoms with Crippen LogP contribution in [0.2, 0.25) is 0 Å². The van der Waals surface area contributed by atoms with Gasteiger partial charge >= 0.3 is 0 Å². The van der Waals surface area contributed by atoms with Crippen molar-refractivity contribution in [2.24, 2.45) is 0 Å². The van der Waals surface area contributed by atoms with Gasteiger partial charge in [0.05, 0.1) is 5.69 Å². The number of hydrogen-bond donors (Lipinski definition) is 1. The van der Waals surface area contributed by atoms with Crippen LogP contribution in [0.4, 0.5) is 11.5 Å². The van der Waals surface area contributed by atoms with E-state index >= 15 is 0 Å². The summed E-state index contributed by atoms with van der Waals surface area (Å²) in [5.41, 5.74) is 3.49. The fourth-order valence-corrected chi connectivity index (χ4v) is 3.41. The number of nitrogens with zero attached hydrogens (tertiary/aromatic N) is 4. The Bertz CT molecular complexity index is 1030. The summed E-state index contributed by atoms with van der Waals surface area (Å²) < 4.78 is 1.81. The molecule has 0 aliphatic heterocycles. The standard InChI is InChI=1S/C18H15N5/c1-2-7-13-12(5-1)6-3-9-15(13)21-17-14-8-4-10-16(14)22-18-19-11-20-23(17)18/h1-3,5-7,9,11,21H,4,8,10H2. The molecule has 5 nitrogen and oxygen atoms in total. The van der Waals surface area contributed by atoms with Crippen LogP contribution in [0.15, 0.2) is 48.8 Å². The van der Waals surface area contributed by atoms with Crippen LogP contribution in [0, 0.1) is 0 Å². The minimum absolute atomic E-state index is 0.661. The Morgan fingerprint density at radius 1 is 1.00 bits per heavy atom. The van der Waals surface area contributed by atoms with E-state index in [2.05, 4.69) is 62.8 Å². The predicted molar refractivity (Wildman–Crippen MR) is 90.0 cm³/mol. The van der Waals surface area contributed by atoms with Gasteiger partial charge in [-0.25, -0.2) is 4.98 Å². The Morgan fingerprint density at radius 3 is 2.91 bits per heavy atom. The number of rotatable bonds is 2. The first-order valence-corrected chi connectivity index (χ1v) is 7.86. The summed E-state index contributed by atoms with van der Waals surface area (Å²) in [7, 11) is 0. The van der Waals surface area contributed by atoms with Crippen LogP contribution in [0.1, 0.15) is 17.7 Å². The van der Waals surface area contributed by atoms with E-state index in [9.17, 15) is 0 Å². The zero-order valence-electron chi connectivity index (χ0n) is 12.5. The maximum absolute atomic E-state index is 4.63. The third-order valence-electron chi connectivity index (χ3n) is 4.49. The molecule has 23 heavy (non-hydrogen) atoms. The van der Waals surface area contributed by atoms with Gasteiger partial charge in [-0.1, -0.05) is 36.4 Å². The van der Waals surface area contributed by atoms with Crippen molar-refractivity contribution in [1.29, 1.82) is 0 Å². The van der Waals surface area contributed by atoms with Gasteiger partial charge < -0.3 is 5.32 Å². The van der Waals surface area contributed by atoms with Crippen LogP contribution in [0.5, 0.6) is 0 Å². The molecule has 2 aromatic carbocycles. The summed E-state index contributed by atoms with van der Waals surface area (Å²) in [4.78, 5) is 8.89. The zero-order chi connectivity index (χ0) is 15.2. The molecule has 5 rings (SSSR count). The largest absolute Gasteiger partial charge is 0.339 e. The SMILES string of the molecule is c1ccc2c(Nc3c4c(nc5ncnn35)CCC4)cccc2c1. The van der Waals surface area contributed by atoms with Gasteiger partial charge in [0.1, 0.15) is 12.1 Å². The molecule has 1 N–H and O–H groups in total. The fraction of sp³-hybridized carbons (Fsp3) is 0.167. The second-order valence-corrected chi connectivity index (χ2v) is 5.86. The van der Waals surface area contributed by atoms with Crippen molar-refractivity contribution in [3.8, 4) is 0 Å². The quantitative estimate of drug-likeness (QED) is 0.615. The summed E-state index contributed by atoms with van der Waals surface area (Å²) >= 11 is 0. The van der Waals surface area contributed by atoms with E-state index in [1.807, 2.05) is 4.52 Å². The van der Waals surface area contributed by atoms with Crippen molar-refractivity contribution in [1.82, 2.24) is 19.6 Å². The van der Waals surface area contributed by atoms with Crippen molar-refractivity contribution in [3.05, 3.63) is 60.0 Å². The van der Waals surface area contributed by atoms with Crippen molar-refractivity contribution < 1.29 is 0 Å². The third-order valence-corrected chi connectivity index (χ3v) is 4.49. The van der Waals surface area contributed by atoms with Gasteiger partial charge in [0.2, 0.25) is 0 Å². The number of aromatic nitrogens is 4. The van der Waals surface area contributed by atoms with E-state index in [1.54, 1.807) is 6.33 Å².